The molecule has 0 aliphatic carbocycles. The Labute approximate surface area is 222 Å². The first kappa shape index (κ1) is 29.0. The molecule has 0 radical (unpaired) electrons. The fourth-order valence-corrected chi connectivity index (χ4v) is 4.11. The summed E-state index contributed by atoms with van der Waals surface area (Å²) in [5.74, 6) is -1.20. The molecule has 0 saturated heterocycles. The van der Waals surface area contributed by atoms with Crippen LogP contribution in [-0.4, -0.2) is 52.8 Å². The van der Waals surface area contributed by atoms with Gasteiger partial charge in [0.15, 0.2) is 0 Å². The summed E-state index contributed by atoms with van der Waals surface area (Å²) in [6.07, 6.45) is -0.327. The van der Waals surface area contributed by atoms with Crippen molar-refractivity contribution in [3.05, 3.63) is 88.6 Å². The minimum Gasteiger partial charge on any atom is -0.494 e. The van der Waals surface area contributed by atoms with Gasteiger partial charge in [0.1, 0.15) is 23.1 Å². The van der Waals surface area contributed by atoms with E-state index in [0.717, 1.165) is 23.6 Å². The number of hydrogen-bond acceptors (Lipinski definition) is 6. The van der Waals surface area contributed by atoms with Crippen LogP contribution in [0, 0.1) is 11.6 Å². The smallest absolute Gasteiger partial charge is 0.273 e. The van der Waals surface area contributed by atoms with Crippen molar-refractivity contribution in [1.29, 1.82) is 0 Å². The van der Waals surface area contributed by atoms with Crippen LogP contribution in [0.4, 0.5) is 8.78 Å². The molecule has 0 bridgehead atoms. The van der Waals surface area contributed by atoms with Crippen LogP contribution in [0.25, 0.3) is 0 Å². The van der Waals surface area contributed by atoms with Gasteiger partial charge in [0.2, 0.25) is 5.88 Å². The molecular weight excluding hydrogens is 492 g/mol. The fourth-order valence-electron chi connectivity index (χ4n) is 4.11. The second-order valence-corrected chi connectivity index (χ2v) is 8.96. The van der Waals surface area contributed by atoms with Crippen molar-refractivity contribution < 1.29 is 28.2 Å². The molecule has 9 heteroatoms. The number of carbonyl (C=O) groups is 1. The summed E-state index contributed by atoms with van der Waals surface area (Å²) in [6.45, 7) is 6.50. The number of aliphatic hydroxyl groups is 1. The zero-order valence-corrected chi connectivity index (χ0v) is 22.0. The molecule has 2 aromatic carbocycles. The van der Waals surface area contributed by atoms with Gasteiger partial charge in [0.25, 0.3) is 5.91 Å². The summed E-state index contributed by atoms with van der Waals surface area (Å²) in [7, 11) is 0. The minimum atomic E-state index is -1.18. The molecular formula is C29H35F2N3O4. The number of halogens is 2. The molecule has 1 amide bonds. The van der Waals surface area contributed by atoms with Gasteiger partial charge in [-0.1, -0.05) is 31.2 Å². The van der Waals surface area contributed by atoms with E-state index in [-0.39, 0.29) is 31.1 Å². The van der Waals surface area contributed by atoms with E-state index in [4.69, 9.17) is 15.2 Å². The number of nitrogens with zero attached hydrogens (tertiary/aromatic N) is 2. The van der Waals surface area contributed by atoms with E-state index < -0.39 is 29.7 Å². The highest BCUT2D eigenvalue weighted by Crippen LogP contribution is 2.22. The van der Waals surface area contributed by atoms with Crippen molar-refractivity contribution >= 4 is 5.91 Å². The molecule has 3 N–H and O–H groups in total. The number of ether oxygens (including phenoxy) is 2. The van der Waals surface area contributed by atoms with Gasteiger partial charge in [-0.05, 0) is 55.5 Å². The average molecular weight is 528 g/mol. The van der Waals surface area contributed by atoms with Gasteiger partial charge in [-0.15, -0.1) is 0 Å². The third-order valence-electron chi connectivity index (χ3n) is 5.95. The lowest BCUT2D eigenvalue weighted by molar-refractivity contribution is 0.0548. The van der Waals surface area contributed by atoms with Crippen molar-refractivity contribution in [1.82, 2.24) is 9.88 Å². The van der Waals surface area contributed by atoms with Crippen molar-refractivity contribution in [2.75, 3.05) is 19.8 Å². The van der Waals surface area contributed by atoms with E-state index in [2.05, 4.69) is 4.98 Å². The van der Waals surface area contributed by atoms with Crippen molar-refractivity contribution in [2.45, 2.75) is 52.3 Å². The summed E-state index contributed by atoms with van der Waals surface area (Å²) >= 11 is 0. The van der Waals surface area contributed by atoms with Crippen LogP contribution >= 0.6 is 0 Å². The number of aryl methyl sites for hydroxylation is 1. The molecule has 3 aromatic rings. The Balaban J connectivity index is 1.89. The van der Waals surface area contributed by atoms with Gasteiger partial charge in [-0.3, -0.25) is 4.79 Å². The van der Waals surface area contributed by atoms with Gasteiger partial charge in [-0.25, -0.2) is 13.8 Å². The second kappa shape index (κ2) is 13.8. The number of pyridine rings is 1. The molecule has 0 aliphatic rings. The number of aliphatic hydroxyl groups excluding tert-OH is 1. The third-order valence-corrected chi connectivity index (χ3v) is 5.95. The van der Waals surface area contributed by atoms with E-state index in [1.165, 1.54) is 23.1 Å². The zero-order chi connectivity index (χ0) is 27.7. The Morgan fingerprint density at radius 3 is 2.32 bits per heavy atom. The Hall–Kier alpha value is -3.56. The van der Waals surface area contributed by atoms with E-state index in [9.17, 15) is 18.7 Å². The van der Waals surface area contributed by atoms with Gasteiger partial charge < -0.3 is 25.2 Å². The molecule has 204 valence electrons. The first-order chi connectivity index (χ1) is 18.2. The Morgan fingerprint density at radius 2 is 1.66 bits per heavy atom. The van der Waals surface area contributed by atoms with Crippen LogP contribution < -0.4 is 15.2 Å². The molecule has 0 aliphatic heterocycles. The average Bonchev–Trinajstić information content (AvgIpc) is 2.87. The van der Waals surface area contributed by atoms with Gasteiger partial charge in [0.05, 0.1) is 19.3 Å². The fraction of sp³-hybridized carbons (Fsp3) is 0.379. The van der Waals surface area contributed by atoms with Crippen LogP contribution in [0.2, 0.25) is 0 Å². The number of benzene rings is 2. The van der Waals surface area contributed by atoms with Crippen molar-refractivity contribution in [3.8, 4) is 11.6 Å². The SMILES string of the molecule is CCOc1cc(OCC)nc(C(=O)N(Cc2cccc(CC)c2)C[C@@H](O)[C@@H](N)Cc2cc(F)cc(F)c2)c1. The lowest BCUT2D eigenvalue weighted by Crippen LogP contribution is -2.46. The number of aromatic nitrogens is 1. The van der Waals surface area contributed by atoms with E-state index in [0.29, 0.717) is 24.5 Å². The highest BCUT2D eigenvalue weighted by Gasteiger charge is 2.26. The number of carbonyl (C=O) groups excluding carboxylic acids is 1. The first-order valence-electron chi connectivity index (χ1n) is 12.8. The highest BCUT2D eigenvalue weighted by atomic mass is 19.1. The number of nitrogens with two attached hydrogens (primary N) is 1. The van der Waals surface area contributed by atoms with Crippen LogP contribution in [-0.2, 0) is 19.4 Å². The maximum atomic E-state index is 13.7. The molecule has 1 aromatic heterocycles. The van der Waals surface area contributed by atoms with Gasteiger partial charge >= 0.3 is 0 Å². The van der Waals surface area contributed by atoms with Crippen LogP contribution in [0.1, 0.15) is 48.0 Å². The molecule has 7 nitrogen and oxygen atoms in total. The molecule has 2 atom stereocenters. The van der Waals surface area contributed by atoms with Crippen LogP contribution in [0.3, 0.4) is 0 Å². The summed E-state index contributed by atoms with van der Waals surface area (Å²) in [5, 5.41) is 11.0. The summed E-state index contributed by atoms with van der Waals surface area (Å²) in [4.78, 5) is 19.5. The molecule has 0 saturated carbocycles. The highest BCUT2D eigenvalue weighted by molar-refractivity contribution is 5.93. The Kier molecular flexibility index (Phi) is 10.6. The summed E-state index contributed by atoms with van der Waals surface area (Å²) in [6, 6.07) is 13.2. The van der Waals surface area contributed by atoms with Crippen molar-refractivity contribution in [3.63, 3.8) is 0 Å². The largest absolute Gasteiger partial charge is 0.494 e. The molecule has 1 heterocycles. The molecule has 0 spiro atoms. The Bertz CT molecular complexity index is 1180. The number of hydrogen-bond donors (Lipinski definition) is 2. The van der Waals surface area contributed by atoms with Gasteiger partial charge in [-0.2, -0.15) is 0 Å². The van der Waals surface area contributed by atoms with Crippen molar-refractivity contribution in [2.24, 2.45) is 5.73 Å². The normalized spacial score (nSPS) is 12.6. The topological polar surface area (TPSA) is 97.9 Å². The maximum Gasteiger partial charge on any atom is 0.273 e. The second-order valence-electron chi connectivity index (χ2n) is 8.96. The predicted octanol–water partition coefficient (Wildman–Crippen LogP) is 4.29. The summed E-state index contributed by atoms with van der Waals surface area (Å²) in [5.41, 5.74) is 8.60. The first-order valence-corrected chi connectivity index (χ1v) is 12.8. The van der Waals surface area contributed by atoms with Crippen LogP contribution in [0.15, 0.2) is 54.6 Å². The maximum absolute atomic E-state index is 13.7. The van der Waals surface area contributed by atoms with E-state index in [1.807, 2.05) is 45.0 Å². The molecule has 3 rings (SSSR count). The zero-order valence-electron chi connectivity index (χ0n) is 22.0. The third kappa shape index (κ3) is 8.22. The number of amides is 1. The molecule has 38 heavy (non-hydrogen) atoms. The standard InChI is InChI=1S/C29H35F2N3O4/c1-4-19-8-7-9-20(10-19)17-34(18-27(35)25(32)13-21-11-22(30)14-23(31)12-21)29(36)26-15-24(37-5-2)16-28(33-26)38-6-3/h7-12,14-16,25,27,35H,4-6,13,17-18,32H2,1-3H3/t25-,27+/m0/s1. The monoisotopic (exact) mass is 527 g/mol. The van der Waals surface area contributed by atoms with E-state index in [1.54, 1.807) is 6.07 Å². The molecule has 0 unspecified atom stereocenters. The van der Waals surface area contributed by atoms with Gasteiger partial charge in [0, 0.05) is 37.3 Å². The summed E-state index contributed by atoms with van der Waals surface area (Å²) < 4.78 is 38.4. The number of rotatable bonds is 13. The quantitative estimate of drug-likeness (QED) is 0.344. The van der Waals surface area contributed by atoms with Crippen LogP contribution in [0.5, 0.6) is 11.6 Å². The lowest BCUT2D eigenvalue weighted by Gasteiger charge is -2.28. The molecule has 0 fully saturated rings. The predicted molar refractivity (Wildman–Crippen MR) is 141 cm³/mol. The lowest BCUT2D eigenvalue weighted by atomic mass is 10.0. The van der Waals surface area contributed by atoms with E-state index >= 15 is 0 Å². The minimum absolute atomic E-state index is 0.0236. The Morgan fingerprint density at radius 1 is 0.974 bits per heavy atom.